The van der Waals surface area contributed by atoms with E-state index in [4.69, 9.17) is 0 Å². The topological polar surface area (TPSA) is 89.8 Å². The molecule has 5 nitrogen and oxygen atoms in total. The minimum atomic E-state index is -1.13. The van der Waals surface area contributed by atoms with Gasteiger partial charge in [-0.3, -0.25) is 4.79 Å². The van der Waals surface area contributed by atoms with Crippen LogP contribution in [0, 0.1) is 0 Å². The van der Waals surface area contributed by atoms with Crippen molar-refractivity contribution in [1.82, 2.24) is 5.32 Å². The molecule has 0 aliphatic carbocycles. The summed E-state index contributed by atoms with van der Waals surface area (Å²) in [4.78, 5) is 12.6. The van der Waals surface area contributed by atoms with Gasteiger partial charge < -0.3 is 20.6 Å². The minimum Gasteiger partial charge on any atom is -0.394 e. The Kier molecular flexibility index (Phi) is 65.3. The van der Waals surface area contributed by atoms with Crippen LogP contribution in [0.1, 0.15) is 418 Å². The van der Waals surface area contributed by atoms with Gasteiger partial charge in [-0.1, -0.05) is 399 Å². The van der Waals surface area contributed by atoms with E-state index in [0.29, 0.717) is 12.8 Å². The Morgan fingerprint density at radius 2 is 0.453 bits per heavy atom. The predicted octanol–water partition coefficient (Wildman–Crippen LogP) is 22.8. The summed E-state index contributed by atoms with van der Waals surface area (Å²) >= 11 is 0. The van der Waals surface area contributed by atoms with Gasteiger partial charge in [0.25, 0.3) is 0 Å². The first-order valence-corrected chi connectivity index (χ1v) is 35.3. The van der Waals surface area contributed by atoms with Crippen molar-refractivity contribution in [3.63, 3.8) is 0 Å². The fourth-order valence-electron chi connectivity index (χ4n) is 11.8. The number of hydrogen-bond acceptors (Lipinski definition) is 4. The van der Waals surface area contributed by atoms with Gasteiger partial charge in [0, 0.05) is 6.42 Å². The van der Waals surface area contributed by atoms with Crippen LogP contribution >= 0.6 is 0 Å². The number of hydrogen-bond donors (Lipinski definition) is 4. The lowest BCUT2D eigenvalue weighted by molar-refractivity contribution is -0.124. The van der Waals surface area contributed by atoms with E-state index in [1.807, 2.05) is 0 Å². The summed E-state index contributed by atoms with van der Waals surface area (Å²) in [6, 6.07) is -0.806. The van der Waals surface area contributed by atoms with Gasteiger partial charge >= 0.3 is 0 Å². The number of aliphatic hydroxyl groups is 3. The molecule has 4 N–H and O–H groups in total. The molecule has 0 aliphatic heterocycles. The fraction of sp³-hybridized carbons (Fsp3) is 0.986. The number of unbranched alkanes of at least 4 members (excludes halogenated alkanes) is 59. The molecule has 450 valence electrons. The monoisotopic (exact) mass is 1060 g/mol. The van der Waals surface area contributed by atoms with Crippen LogP contribution in [-0.4, -0.2) is 46.1 Å². The summed E-state index contributed by atoms with van der Waals surface area (Å²) in [7, 11) is 0. The van der Waals surface area contributed by atoms with E-state index in [1.165, 1.54) is 360 Å². The second-order valence-electron chi connectivity index (χ2n) is 24.8. The Balaban J connectivity index is 3.39. The van der Waals surface area contributed by atoms with E-state index in [-0.39, 0.29) is 12.5 Å². The number of rotatable bonds is 67. The highest BCUT2D eigenvalue weighted by Gasteiger charge is 2.27. The smallest absolute Gasteiger partial charge is 0.220 e. The standard InChI is InChI=1S/C70H141NO4/c1-3-5-7-9-11-13-15-17-19-21-23-25-27-28-29-30-31-32-33-34-35-36-37-38-39-40-41-42-43-45-47-49-51-53-55-57-59-61-63-65-69(74)71-67(66-72)70(75)68(73)64-62-60-58-56-54-52-50-48-46-44-26-24-22-20-18-16-14-12-10-8-6-4-2/h67-68,70,72-73,75H,3-66H2,1-2H3,(H,71,74). The number of carbonyl (C=O) groups is 1. The zero-order valence-electron chi connectivity index (χ0n) is 51.7. The maximum absolute atomic E-state index is 12.6. The van der Waals surface area contributed by atoms with Crippen LogP contribution in [0.15, 0.2) is 0 Å². The first-order valence-electron chi connectivity index (χ1n) is 35.3. The third kappa shape index (κ3) is 60.8. The molecular formula is C70H141NO4. The largest absolute Gasteiger partial charge is 0.394 e. The Hall–Kier alpha value is -0.650. The molecule has 5 heteroatoms. The highest BCUT2D eigenvalue weighted by molar-refractivity contribution is 5.76. The third-order valence-electron chi connectivity index (χ3n) is 17.2. The lowest BCUT2D eigenvalue weighted by atomic mass is 9.99. The lowest BCUT2D eigenvalue weighted by Crippen LogP contribution is -2.50. The maximum atomic E-state index is 12.6. The third-order valence-corrected chi connectivity index (χ3v) is 17.2. The van der Waals surface area contributed by atoms with Crippen LogP contribution < -0.4 is 5.32 Å². The summed E-state index contributed by atoms with van der Waals surface area (Å²) < 4.78 is 0. The second-order valence-corrected chi connectivity index (χ2v) is 24.8. The average molecular weight is 1060 g/mol. The van der Waals surface area contributed by atoms with Crippen molar-refractivity contribution in [1.29, 1.82) is 0 Å². The first-order chi connectivity index (χ1) is 37.1. The molecular weight excluding hydrogens is 919 g/mol. The van der Waals surface area contributed by atoms with Crippen molar-refractivity contribution in [2.75, 3.05) is 6.61 Å². The van der Waals surface area contributed by atoms with Gasteiger partial charge in [0.2, 0.25) is 5.91 Å². The van der Waals surface area contributed by atoms with Gasteiger partial charge in [0.15, 0.2) is 0 Å². The number of nitrogens with one attached hydrogen (secondary N) is 1. The van der Waals surface area contributed by atoms with E-state index >= 15 is 0 Å². The molecule has 0 fully saturated rings. The zero-order chi connectivity index (χ0) is 54.3. The zero-order valence-corrected chi connectivity index (χ0v) is 51.7. The molecule has 0 saturated heterocycles. The quantitative estimate of drug-likeness (QED) is 0.0457. The van der Waals surface area contributed by atoms with Crippen molar-refractivity contribution in [3.8, 4) is 0 Å². The maximum Gasteiger partial charge on any atom is 0.220 e. The van der Waals surface area contributed by atoms with Gasteiger partial charge in [-0.25, -0.2) is 0 Å². The second kappa shape index (κ2) is 65.9. The van der Waals surface area contributed by atoms with Crippen LogP contribution in [0.25, 0.3) is 0 Å². The molecule has 0 spiro atoms. The predicted molar refractivity (Wildman–Crippen MR) is 333 cm³/mol. The molecule has 3 unspecified atom stereocenters. The molecule has 1 amide bonds. The van der Waals surface area contributed by atoms with Gasteiger partial charge in [0.05, 0.1) is 18.8 Å². The van der Waals surface area contributed by atoms with Gasteiger partial charge in [-0.05, 0) is 12.8 Å². The fourth-order valence-corrected chi connectivity index (χ4v) is 11.8. The normalized spacial score (nSPS) is 13.0. The van der Waals surface area contributed by atoms with Crippen molar-refractivity contribution in [2.24, 2.45) is 0 Å². The summed E-state index contributed by atoms with van der Waals surface area (Å²) in [6.45, 7) is 4.24. The highest BCUT2D eigenvalue weighted by Crippen LogP contribution is 2.20. The highest BCUT2D eigenvalue weighted by atomic mass is 16.3. The first kappa shape index (κ1) is 74.3. The Morgan fingerprint density at radius 1 is 0.280 bits per heavy atom. The Bertz CT molecular complexity index is 1040. The number of carbonyl (C=O) groups excluding carboxylic acids is 1. The van der Waals surface area contributed by atoms with Gasteiger partial charge in [-0.15, -0.1) is 0 Å². The van der Waals surface area contributed by atoms with Crippen LogP contribution in [0.2, 0.25) is 0 Å². The van der Waals surface area contributed by atoms with Gasteiger partial charge in [0.1, 0.15) is 6.10 Å². The van der Waals surface area contributed by atoms with Crippen LogP contribution in [0.5, 0.6) is 0 Å². The summed E-state index contributed by atoms with van der Waals surface area (Å²) in [5, 5.41) is 33.9. The Morgan fingerprint density at radius 3 is 0.640 bits per heavy atom. The Labute approximate surface area is 472 Å². The molecule has 0 bridgehead atoms. The summed E-state index contributed by atoms with van der Waals surface area (Å²) in [6.07, 6.45) is 83.3. The van der Waals surface area contributed by atoms with E-state index in [2.05, 4.69) is 19.2 Å². The minimum absolute atomic E-state index is 0.133. The van der Waals surface area contributed by atoms with Gasteiger partial charge in [-0.2, -0.15) is 0 Å². The van der Waals surface area contributed by atoms with Crippen molar-refractivity contribution in [3.05, 3.63) is 0 Å². The molecule has 3 atom stereocenters. The molecule has 0 heterocycles. The molecule has 0 aromatic rings. The van der Waals surface area contributed by atoms with E-state index in [0.717, 1.165) is 32.1 Å². The molecule has 75 heavy (non-hydrogen) atoms. The number of aliphatic hydroxyl groups excluding tert-OH is 3. The van der Waals surface area contributed by atoms with Crippen molar-refractivity contribution >= 4 is 5.91 Å². The van der Waals surface area contributed by atoms with Crippen LogP contribution in [-0.2, 0) is 4.79 Å². The van der Waals surface area contributed by atoms with Crippen molar-refractivity contribution in [2.45, 2.75) is 437 Å². The molecule has 0 aromatic heterocycles. The molecule has 0 saturated carbocycles. The average Bonchev–Trinajstić information content (AvgIpc) is 3.41. The number of amides is 1. The summed E-state index contributed by atoms with van der Waals surface area (Å²) in [5.74, 6) is -0.133. The molecule has 0 radical (unpaired) electrons. The van der Waals surface area contributed by atoms with E-state index in [1.54, 1.807) is 0 Å². The molecule has 0 rings (SSSR count). The van der Waals surface area contributed by atoms with Crippen LogP contribution in [0.3, 0.4) is 0 Å². The lowest BCUT2D eigenvalue weighted by Gasteiger charge is -2.26. The van der Waals surface area contributed by atoms with Crippen molar-refractivity contribution < 1.29 is 20.1 Å². The van der Waals surface area contributed by atoms with E-state index in [9.17, 15) is 20.1 Å². The molecule has 0 aliphatic rings. The summed E-state index contributed by atoms with van der Waals surface area (Å²) in [5.41, 5.74) is 0. The molecule has 0 aromatic carbocycles. The van der Waals surface area contributed by atoms with Crippen LogP contribution in [0.4, 0.5) is 0 Å². The van der Waals surface area contributed by atoms with E-state index < -0.39 is 18.2 Å². The SMILES string of the molecule is CCCCCCCCCCCCCCCCCCCCCCCCCCCCCCCCCCCCCCCCCC(=O)NC(CO)C(O)C(O)CCCCCCCCCCCCCCCCCCCCCCCC.